The van der Waals surface area contributed by atoms with Gasteiger partial charge in [0.15, 0.2) is 0 Å². The van der Waals surface area contributed by atoms with E-state index < -0.39 is 0 Å². The number of aromatic nitrogens is 13. The summed E-state index contributed by atoms with van der Waals surface area (Å²) < 4.78 is 21.1. The number of fused-ring (bicyclic) bond motifs is 3. The van der Waals surface area contributed by atoms with Gasteiger partial charge in [-0.25, -0.2) is 19.4 Å². The molecule has 0 fully saturated rings. The zero-order valence-corrected chi connectivity index (χ0v) is 62.3. The van der Waals surface area contributed by atoms with Crippen LogP contribution in [0, 0.1) is 24.7 Å². The van der Waals surface area contributed by atoms with E-state index in [0.717, 1.165) is 62.3 Å². The number of benzene rings is 6. The predicted molar refractivity (Wildman–Crippen MR) is 430 cm³/mol. The quantitative estimate of drug-likeness (QED) is 0.0697. The maximum absolute atomic E-state index is 13.5. The van der Waals surface area contributed by atoms with Crippen LogP contribution in [-0.2, 0) is 60.4 Å². The highest BCUT2D eigenvalue weighted by atomic mass is 16.2. The standard InChI is InChI=1S/C29H31N5O2.C28H30N6O2.C28H29N5O2/c1-21(2)18-34-25-20-33(19-22-12-14-24(15-13-22)32-16-8-9-17-32)27(26(25)28(35)31(4)29(34)36)30(3)23-10-6-5-7-11-23;1-19(2)16-34-25-20(3)33(17-21-10-12-23(13-11-21)32-15-14-29-18-32)26(30-22-8-6-5-7-9-22)24(25)27(35)31(4)28(34)36;1-20(2)17-33-24-19-32(18-21-11-13-23(14-12-21)31-15-7-8-16-31)26(29-22-9-5-4-6-10-22)25(24)27(34)30(3)28(33)35/h5-17,20-21H,18-19H2,1-4H3;5-15,18-19,30H,16-17H2,1-4H3;4-16,19-20,29H,17-18H2,1-3H3. The van der Waals surface area contributed by atoms with Gasteiger partial charge in [0, 0.05) is 157 Å². The van der Waals surface area contributed by atoms with Crippen LogP contribution in [0.1, 0.15) is 63.9 Å². The SMILES string of the molecule is CC(C)Cn1c(=O)n(C)c(=O)c2c(N(C)c3ccccc3)n(Cc3ccc(-n4cccc4)cc3)cc21.CC(C)Cn1c(=O)n(C)c(=O)c2c(Nc3ccccc3)n(Cc3ccc(-n4cccc4)cc3)cc21.Cc1c2c(c(Nc3ccccc3)n1Cc1ccc(-n3ccnc3)cc1)c(=O)n(C)c(=O)n2CC(C)C. The molecule has 22 heteroatoms. The fourth-order valence-electron chi connectivity index (χ4n) is 13.9. The van der Waals surface area contributed by atoms with Gasteiger partial charge in [0.2, 0.25) is 0 Å². The number of para-hydroxylation sites is 3. The molecule has 9 aromatic heterocycles. The van der Waals surface area contributed by atoms with Gasteiger partial charge in [-0.3, -0.25) is 41.8 Å². The molecule has 0 saturated heterocycles. The van der Waals surface area contributed by atoms with E-state index in [9.17, 15) is 28.8 Å². The fraction of sp³-hybridized carbons (Fsp3) is 0.235. The summed E-state index contributed by atoms with van der Waals surface area (Å²) in [5.74, 6) is 2.88. The number of aryl methyl sites for hydroxylation is 1. The average Bonchev–Trinajstić information content (AvgIpc) is 1.61. The van der Waals surface area contributed by atoms with Crippen LogP contribution in [0.4, 0.5) is 34.5 Å². The zero-order valence-electron chi connectivity index (χ0n) is 62.3. The summed E-state index contributed by atoms with van der Waals surface area (Å²) in [4.78, 5) is 85.7. The predicted octanol–water partition coefficient (Wildman–Crippen LogP) is 13.9. The Morgan fingerprint density at radius 2 is 0.794 bits per heavy atom. The third-order valence-corrected chi connectivity index (χ3v) is 19.2. The normalized spacial score (nSPS) is 11.5. The van der Waals surface area contributed by atoms with Crippen molar-refractivity contribution in [2.45, 2.75) is 87.7 Å². The summed E-state index contributed by atoms with van der Waals surface area (Å²) in [6, 6.07) is 62.5. The topological polar surface area (TPSA) is 202 Å². The third-order valence-electron chi connectivity index (χ3n) is 19.2. The molecular formula is C85H90N16O6. The maximum atomic E-state index is 13.5. The smallest absolute Gasteiger partial charge is 0.331 e. The van der Waals surface area contributed by atoms with E-state index in [1.807, 2.05) is 199 Å². The highest BCUT2D eigenvalue weighted by Gasteiger charge is 2.27. The number of hydrogen-bond donors (Lipinski definition) is 2. The Bertz CT molecular complexity index is 5970. The third kappa shape index (κ3) is 15.1. The van der Waals surface area contributed by atoms with E-state index in [1.54, 1.807) is 47.4 Å². The number of nitrogens with one attached hydrogen (secondary N) is 2. The Balaban J connectivity index is 0.000000142. The molecule has 22 nitrogen and oxygen atoms in total. The molecule has 6 aromatic carbocycles. The van der Waals surface area contributed by atoms with Gasteiger partial charge in [-0.15, -0.1) is 0 Å². The van der Waals surface area contributed by atoms with Crippen molar-refractivity contribution in [1.82, 2.24) is 59.8 Å². The molecule has 107 heavy (non-hydrogen) atoms. The minimum atomic E-state index is -0.301. The van der Waals surface area contributed by atoms with Crippen LogP contribution in [0.3, 0.4) is 0 Å². The van der Waals surface area contributed by atoms with Crippen LogP contribution in [-0.4, -0.2) is 66.8 Å². The van der Waals surface area contributed by atoms with Gasteiger partial charge in [0.1, 0.15) is 33.6 Å². The summed E-state index contributed by atoms with van der Waals surface area (Å²) in [7, 11) is 6.62. The lowest BCUT2D eigenvalue weighted by atomic mass is 10.2. The zero-order chi connectivity index (χ0) is 75.3. The maximum Gasteiger partial charge on any atom is 0.331 e. The molecule has 2 N–H and O–H groups in total. The van der Waals surface area contributed by atoms with E-state index in [1.165, 1.54) is 13.7 Å². The lowest BCUT2D eigenvalue weighted by Gasteiger charge is -2.22. The molecule has 0 unspecified atom stereocenters. The first-order valence-electron chi connectivity index (χ1n) is 36.0. The van der Waals surface area contributed by atoms with Crippen LogP contribution in [0.5, 0.6) is 0 Å². The van der Waals surface area contributed by atoms with Crippen molar-refractivity contribution in [1.29, 1.82) is 0 Å². The highest BCUT2D eigenvalue weighted by Crippen LogP contribution is 2.35. The van der Waals surface area contributed by atoms with Crippen molar-refractivity contribution in [3.8, 4) is 17.1 Å². The van der Waals surface area contributed by atoms with Crippen LogP contribution >= 0.6 is 0 Å². The van der Waals surface area contributed by atoms with Crippen molar-refractivity contribution < 1.29 is 0 Å². The number of anilines is 6. The summed E-state index contributed by atoms with van der Waals surface area (Å²) >= 11 is 0. The van der Waals surface area contributed by atoms with Crippen molar-refractivity contribution in [3.05, 3.63) is 329 Å². The van der Waals surface area contributed by atoms with Crippen LogP contribution in [0.25, 0.3) is 49.8 Å². The Hall–Kier alpha value is -12.9. The van der Waals surface area contributed by atoms with Crippen molar-refractivity contribution in [2.75, 3.05) is 22.6 Å². The molecule has 0 aliphatic carbocycles. The minimum Gasteiger partial charge on any atom is -0.341 e. The lowest BCUT2D eigenvalue weighted by Crippen LogP contribution is -2.38. The molecule has 0 aliphatic rings. The second-order valence-corrected chi connectivity index (χ2v) is 28.4. The molecule has 0 bridgehead atoms. The van der Waals surface area contributed by atoms with E-state index in [2.05, 4.69) is 136 Å². The Morgan fingerprint density at radius 1 is 0.402 bits per heavy atom. The largest absolute Gasteiger partial charge is 0.341 e. The van der Waals surface area contributed by atoms with Gasteiger partial charge in [0.05, 0.1) is 22.9 Å². The first kappa shape index (κ1) is 72.5. The molecule has 15 aromatic rings. The molecule has 0 radical (unpaired) electrons. The molecule has 9 heterocycles. The fourth-order valence-corrected chi connectivity index (χ4v) is 13.9. The molecule has 0 aliphatic heterocycles. The van der Waals surface area contributed by atoms with E-state index >= 15 is 0 Å². The van der Waals surface area contributed by atoms with Gasteiger partial charge >= 0.3 is 17.1 Å². The lowest BCUT2D eigenvalue weighted by molar-refractivity contribution is 0.502. The number of imidazole rings is 1. The second kappa shape index (κ2) is 31.2. The summed E-state index contributed by atoms with van der Waals surface area (Å²) in [5.41, 5.74) is 10.3. The molecule has 546 valence electrons. The Kier molecular flexibility index (Phi) is 21.2. The number of hydrogen-bond acceptors (Lipinski definition) is 10. The second-order valence-electron chi connectivity index (χ2n) is 28.4. The Labute approximate surface area is 619 Å². The van der Waals surface area contributed by atoms with Crippen LogP contribution < -0.4 is 49.3 Å². The molecule has 15 rings (SSSR count). The highest BCUT2D eigenvalue weighted by molar-refractivity contribution is 5.96. The first-order valence-corrected chi connectivity index (χ1v) is 36.0. The number of nitrogens with zero attached hydrogens (tertiary/aromatic N) is 14. The average molecular weight is 1430 g/mol. The van der Waals surface area contributed by atoms with Gasteiger partial charge in [-0.1, -0.05) is 133 Å². The van der Waals surface area contributed by atoms with Crippen molar-refractivity contribution >= 4 is 67.2 Å². The van der Waals surface area contributed by atoms with Crippen LogP contribution in [0.15, 0.2) is 273 Å². The van der Waals surface area contributed by atoms with Gasteiger partial charge in [-0.2, -0.15) is 0 Å². The van der Waals surface area contributed by atoms with E-state index in [-0.39, 0.29) is 51.5 Å². The van der Waals surface area contributed by atoms with Gasteiger partial charge in [0.25, 0.3) is 16.7 Å². The Morgan fingerprint density at radius 3 is 1.26 bits per heavy atom. The van der Waals surface area contributed by atoms with Crippen molar-refractivity contribution in [2.24, 2.45) is 38.9 Å². The monoisotopic (exact) mass is 1430 g/mol. The van der Waals surface area contributed by atoms with Crippen molar-refractivity contribution in [3.63, 3.8) is 0 Å². The van der Waals surface area contributed by atoms with Crippen LogP contribution in [0.2, 0.25) is 0 Å². The van der Waals surface area contributed by atoms with Gasteiger partial charge < -0.3 is 42.9 Å². The summed E-state index contributed by atoms with van der Waals surface area (Å²) in [6.07, 6.45) is 17.4. The van der Waals surface area contributed by atoms with E-state index in [4.69, 9.17) is 0 Å². The molecule has 0 amide bonds. The summed E-state index contributed by atoms with van der Waals surface area (Å²) in [5, 5.41) is 8.51. The molecule has 0 spiro atoms. The van der Waals surface area contributed by atoms with E-state index in [0.29, 0.717) is 83.6 Å². The first-order chi connectivity index (χ1) is 51.6. The number of rotatable bonds is 21. The molecule has 0 atom stereocenters. The molecule has 0 saturated carbocycles. The molecular weight excluding hydrogens is 1340 g/mol. The minimum absolute atomic E-state index is 0.243. The van der Waals surface area contributed by atoms with Gasteiger partial charge in [-0.05, 0) is 138 Å². The summed E-state index contributed by atoms with van der Waals surface area (Å²) in [6.45, 7) is 17.6.